The Balaban J connectivity index is 3.13. The van der Waals surface area contributed by atoms with Crippen LogP contribution in [0.4, 0.5) is 0 Å². The van der Waals surface area contributed by atoms with Crippen molar-refractivity contribution in [1.29, 1.82) is 0 Å². The van der Waals surface area contributed by atoms with Crippen molar-refractivity contribution < 1.29 is 8.42 Å². The number of nitrogens with zero attached hydrogens (tertiary/aromatic N) is 1. The third-order valence-corrected chi connectivity index (χ3v) is 3.82. The van der Waals surface area contributed by atoms with E-state index in [4.69, 9.17) is 17.3 Å². The number of sulfonamides is 1. The zero-order valence-corrected chi connectivity index (χ0v) is 11.6. The molecule has 18 heavy (non-hydrogen) atoms. The first kappa shape index (κ1) is 15.0. The molecular formula is C11H14ClN3O2S. The second kappa shape index (κ2) is 6.18. The Morgan fingerprint density at radius 1 is 1.44 bits per heavy atom. The molecule has 1 rings (SSSR count). The van der Waals surface area contributed by atoms with E-state index in [1.54, 1.807) is 20.2 Å². The van der Waals surface area contributed by atoms with Gasteiger partial charge in [0.2, 0.25) is 0 Å². The Morgan fingerprint density at radius 2 is 2.11 bits per heavy atom. The topological polar surface area (TPSA) is 75.4 Å². The Hall–Kier alpha value is -1.10. The van der Waals surface area contributed by atoms with E-state index < -0.39 is 10.0 Å². The first-order valence-corrected chi connectivity index (χ1v) is 6.91. The summed E-state index contributed by atoms with van der Waals surface area (Å²) in [6, 6.07) is 4.49. The van der Waals surface area contributed by atoms with Crippen LogP contribution in [0.25, 0.3) is 0 Å². The molecule has 0 aliphatic heterocycles. The molecule has 3 N–H and O–H groups in total. The highest BCUT2D eigenvalue weighted by Crippen LogP contribution is 2.22. The lowest BCUT2D eigenvalue weighted by Crippen LogP contribution is -2.36. The molecule has 0 heterocycles. The molecular weight excluding hydrogens is 274 g/mol. The molecule has 0 radical (unpaired) electrons. The molecule has 7 heteroatoms. The Kier molecular flexibility index (Phi) is 5.14. The molecule has 1 aromatic rings. The van der Waals surface area contributed by atoms with Gasteiger partial charge in [0, 0.05) is 19.7 Å². The number of nitrogens with one attached hydrogen (secondary N) is 1. The number of halogens is 1. The van der Waals surface area contributed by atoms with Gasteiger partial charge < -0.3 is 5.73 Å². The van der Waals surface area contributed by atoms with Crippen LogP contribution in [0, 0.1) is 11.8 Å². The molecule has 0 bridgehead atoms. The van der Waals surface area contributed by atoms with E-state index in [-0.39, 0.29) is 16.5 Å². The molecule has 0 aliphatic rings. The molecule has 0 fully saturated rings. The van der Waals surface area contributed by atoms with Crippen LogP contribution in [0.5, 0.6) is 0 Å². The average Bonchev–Trinajstić information content (AvgIpc) is 2.24. The van der Waals surface area contributed by atoms with Crippen LogP contribution >= 0.6 is 11.6 Å². The van der Waals surface area contributed by atoms with Crippen LogP contribution in [0.2, 0.25) is 5.02 Å². The largest absolute Gasteiger partial charge is 0.320 e. The van der Waals surface area contributed by atoms with E-state index in [0.29, 0.717) is 5.56 Å². The summed E-state index contributed by atoms with van der Waals surface area (Å²) in [4.78, 5) is 2.31. The van der Waals surface area contributed by atoms with E-state index in [2.05, 4.69) is 16.7 Å². The minimum absolute atomic E-state index is 0.0103. The Labute approximate surface area is 112 Å². The number of rotatable bonds is 3. The molecule has 98 valence electrons. The Bertz CT molecular complexity index is 588. The first-order chi connectivity index (χ1) is 8.36. The van der Waals surface area contributed by atoms with Crippen molar-refractivity contribution in [3.63, 3.8) is 0 Å². The van der Waals surface area contributed by atoms with E-state index in [9.17, 15) is 8.42 Å². The maximum Gasteiger partial charge on any atom is 0.254 e. The van der Waals surface area contributed by atoms with Crippen molar-refractivity contribution in [2.45, 2.75) is 4.90 Å². The van der Waals surface area contributed by atoms with Crippen LogP contribution < -0.4 is 10.6 Å². The SMILES string of the molecule is CN(C)NS(=O)(=O)c1ccc(C#CCN)cc1Cl. The van der Waals surface area contributed by atoms with Crippen molar-refractivity contribution in [2.24, 2.45) is 5.73 Å². The number of hydrogen-bond donors (Lipinski definition) is 2. The fourth-order valence-corrected chi connectivity index (χ4v) is 2.87. The van der Waals surface area contributed by atoms with Gasteiger partial charge in [0.05, 0.1) is 11.6 Å². The van der Waals surface area contributed by atoms with E-state index in [0.717, 1.165) is 0 Å². The lowest BCUT2D eigenvalue weighted by molar-refractivity contribution is 0.364. The predicted molar refractivity (Wildman–Crippen MR) is 71.4 cm³/mol. The van der Waals surface area contributed by atoms with Crippen molar-refractivity contribution in [3.8, 4) is 11.8 Å². The fourth-order valence-electron chi connectivity index (χ4n) is 1.24. The molecule has 0 saturated heterocycles. The quantitative estimate of drug-likeness (QED) is 0.623. The zero-order valence-electron chi connectivity index (χ0n) is 10.1. The lowest BCUT2D eigenvalue weighted by Gasteiger charge is -2.13. The number of benzene rings is 1. The Morgan fingerprint density at radius 3 is 2.61 bits per heavy atom. The van der Waals surface area contributed by atoms with Gasteiger partial charge in [-0.3, -0.25) is 0 Å². The minimum atomic E-state index is -3.66. The smallest absolute Gasteiger partial charge is 0.254 e. The van der Waals surface area contributed by atoms with Crippen molar-refractivity contribution in [3.05, 3.63) is 28.8 Å². The summed E-state index contributed by atoms with van der Waals surface area (Å²) in [7, 11) is -0.504. The molecule has 0 amide bonds. The maximum atomic E-state index is 11.9. The van der Waals surface area contributed by atoms with Crippen LogP contribution in [-0.2, 0) is 10.0 Å². The maximum absolute atomic E-state index is 11.9. The summed E-state index contributed by atoms with van der Waals surface area (Å²) in [5.41, 5.74) is 5.87. The van der Waals surface area contributed by atoms with Crippen molar-refractivity contribution in [2.75, 3.05) is 20.6 Å². The predicted octanol–water partition coefficient (Wildman–Crippen LogP) is 0.405. The standard InChI is InChI=1S/C11H14ClN3O2S/c1-15(2)14-18(16,17)11-6-5-9(4-3-7-13)8-10(11)12/h5-6,8,14H,7,13H2,1-2H3. The summed E-state index contributed by atoms with van der Waals surface area (Å²) >= 11 is 5.94. The van der Waals surface area contributed by atoms with E-state index in [1.165, 1.54) is 17.1 Å². The molecule has 0 unspecified atom stereocenters. The first-order valence-electron chi connectivity index (χ1n) is 5.05. The molecule has 0 atom stereocenters. The van der Waals surface area contributed by atoms with Crippen LogP contribution in [-0.4, -0.2) is 34.1 Å². The summed E-state index contributed by atoms with van der Waals surface area (Å²) in [6.07, 6.45) is 0. The van der Waals surface area contributed by atoms with Gasteiger partial charge in [0.25, 0.3) is 10.0 Å². The highest BCUT2D eigenvalue weighted by molar-refractivity contribution is 7.89. The monoisotopic (exact) mass is 287 g/mol. The van der Waals surface area contributed by atoms with E-state index >= 15 is 0 Å². The molecule has 0 saturated carbocycles. The average molecular weight is 288 g/mol. The van der Waals surface area contributed by atoms with Crippen LogP contribution in [0.3, 0.4) is 0 Å². The number of hydrogen-bond acceptors (Lipinski definition) is 4. The third-order valence-electron chi connectivity index (χ3n) is 1.86. The lowest BCUT2D eigenvalue weighted by atomic mass is 10.2. The van der Waals surface area contributed by atoms with Gasteiger partial charge in [-0.2, -0.15) is 0 Å². The highest BCUT2D eigenvalue weighted by Gasteiger charge is 2.18. The normalized spacial score (nSPS) is 11.2. The van der Waals surface area contributed by atoms with Gasteiger partial charge in [-0.1, -0.05) is 23.4 Å². The summed E-state index contributed by atoms with van der Waals surface area (Å²) in [5, 5.41) is 1.45. The zero-order chi connectivity index (χ0) is 13.8. The summed E-state index contributed by atoms with van der Waals surface area (Å²) in [5.74, 6) is 5.45. The second-order valence-corrected chi connectivity index (χ2v) is 5.68. The highest BCUT2D eigenvalue weighted by atomic mass is 35.5. The van der Waals surface area contributed by atoms with Gasteiger partial charge in [0.15, 0.2) is 0 Å². The molecule has 0 aromatic heterocycles. The third kappa shape index (κ3) is 3.98. The summed E-state index contributed by atoms with van der Waals surface area (Å²) < 4.78 is 23.8. The van der Waals surface area contributed by atoms with Gasteiger partial charge in [-0.25, -0.2) is 13.4 Å². The van der Waals surface area contributed by atoms with Crippen molar-refractivity contribution >= 4 is 21.6 Å². The van der Waals surface area contributed by atoms with E-state index in [1.807, 2.05) is 0 Å². The number of hydrazine groups is 1. The van der Waals surface area contributed by atoms with Crippen LogP contribution in [0.15, 0.2) is 23.1 Å². The second-order valence-electron chi connectivity index (χ2n) is 3.64. The van der Waals surface area contributed by atoms with Gasteiger partial charge >= 0.3 is 0 Å². The molecule has 0 aliphatic carbocycles. The van der Waals surface area contributed by atoms with Gasteiger partial charge in [0.1, 0.15) is 4.90 Å². The van der Waals surface area contributed by atoms with Gasteiger partial charge in [-0.15, -0.1) is 4.83 Å². The van der Waals surface area contributed by atoms with Crippen molar-refractivity contribution in [1.82, 2.24) is 9.84 Å². The fraction of sp³-hybridized carbons (Fsp3) is 0.273. The number of nitrogens with two attached hydrogens (primary N) is 1. The minimum Gasteiger partial charge on any atom is -0.320 e. The van der Waals surface area contributed by atoms with Crippen LogP contribution in [0.1, 0.15) is 5.56 Å². The molecule has 0 spiro atoms. The summed E-state index contributed by atoms with van der Waals surface area (Å²) in [6.45, 7) is 0.236. The van der Waals surface area contributed by atoms with Gasteiger partial charge in [-0.05, 0) is 18.2 Å². The molecule has 1 aromatic carbocycles. The molecule has 5 nitrogen and oxygen atoms in total.